The lowest BCUT2D eigenvalue weighted by molar-refractivity contribution is 0.102. The van der Waals surface area contributed by atoms with E-state index in [0.717, 1.165) is 5.56 Å². The summed E-state index contributed by atoms with van der Waals surface area (Å²) in [6.45, 7) is 2.76. The smallest absolute Gasteiger partial charge is 0.276 e. The quantitative estimate of drug-likeness (QED) is 0.647. The third kappa shape index (κ3) is 4.71. The van der Waals surface area contributed by atoms with Crippen LogP contribution in [0.4, 0.5) is 10.1 Å². The maximum absolute atomic E-state index is 13.4. The van der Waals surface area contributed by atoms with Gasteiger partial charge in [-0.1, -0.05) is 12.1 Å². The zero-order valence-electron chi connectivity index (χ0n) is 15.1. The van der Waals surface area contributed by atoms with Crippen LogP contribution in [0, 0.1) is 12.7 Å². The summed E-state index contributed by atoms with van der Waals surface area (Å²) in [6.07, 6.45) is 1.61. The molecule has 0 saturated heterocycles. The Labute approximate surface area is 156 Å². The van der Waals surface area contributed by atoms with Crippen molar-refractivity contribution in [2.75, 3.05) is 25.6 Å². The van der Waals surface area contributed by atoms with Crippen LogP contribution in [0.15, 0.2) is 54.7 Å². The molecule has 1 heterocycles. The van der Waals surface area contributed by atoms with Crippen LogP contribution in [0.5, 0.6) is 5.75 Å². The lowest BCUT2D eigenvalue weighted by atomic mass is 10.2. The normalized spacial score (nSPS) is 10.6. The van der Waals surface area contributed by atoms with E-state index in [4.69, 9.17) is 9.47 Å². The molecule has 0 radical (unpaired) electrons. The van der Waals surface area contributed by atoms with Gasteiger partial charge >= 0.3 is 0 Å². The average molecular weight is 369 g/mol. The standard InChI is InChI=1S/C20H20FN3O3/c1-14-6-7-17(19(12-14)27-11-10-26-2)22-20(25)18-8-9-24(23-18)16-5-3-4-15(21)13-16/h3-9,12-13H,10-11H2,1-2H3,(H,22,25). The van der Waals surface area contributed by atoms with Gasteiger partial charge in [-0.15, -0.1) is 0 Å². The van der Waals surface area contributed by atoms with Gasteiger partial charge in [-0.2, -0.15) is 5.10 Å². The molecule has 0 spiro atoms. The van der Waals surface area contributed by atoms with E-state index in [1.54, 1.807) is 37.6 Å². The second-order valence-corrected chi connectivity index (χ2v) is 5.92. The van der Waals surface area contributed by atoms with Crippen molar-refractivity contribution in [2.24, 2.45) is 0 Å². The number of nitrogens with zero attached hydrogens (tertiary/aromatic N) is 2. The van der Waals surface area contributed by atoms with Crippen LogP contribution in [0.25, 0.3) is 5.69 Å². The zero-order chi connectivity index (χ0) is 19.2. The molecule has 0 bridgehead atoms. The van der Waals surface area contributed by atoms with Crippen LogP contribution >= 0.6 is 0 Å². The van der Waals surface area contributed by atoms with Gasteiger partial charge in [0, 0.05) is 13.3 Å². The van der Waals surface area contributed by atoms with Crippen molar-refractivity contribution in [3.8, 4) is 11.4 Å². The molecule has 3 rings (SSSR count). The molecule has 27 heavy (non-hydrogen) atoms. The number of carbonyl (C=O) groups is 1. The fourth-order valence-corrected chi connectivity index (χ4v) is 2.48. The molecule has 140 valence electrons. The second-order valence-electron chi connectivity index (χ2n) is 5.92. The number of carbonyl (C=O) groups excluding carboxylic acids is 1. The summed E-state index contributed by atoms with van der Waals surface area (Å²) in [5.74, 6) is -0.193. The van der Waals surface area contributed by atoms with E-state index in [9.17, 15) is 9.18 Å². The third-order valence-electron chi connectivity index (χ3n) is 3.82. The maximum atomic E-state index is 13.4. The molecule has 1 amide bonds. The van der Waals surface area contributed by atoms with Gasteiger partial charge < -0.3 is 14.8 Å². The second kappa shape index (κ2) is 8.46. The first-order valence-electron chi connectivity index (χ1n) is 8.42. The predicted octanol–water partition coefficient (Wildman–Crippen LogP) is 3.60. The molecule has 0 fully saturated rings. The summed E-state index contributed by atoms with van der Waals surface area (Å²) >= 11 is 0. The lowest BCUT2D eigenvalue weighted by Gasteiger charge is -2.12. The Morgan fingerprint density at radius 3 is 2.81 bits per heavy atom. The highest BCUT2D eigenvalue weighted by Gasteiger charge is 2.14. The number of nitrogens with one attached hydrogen (secondary N) is 1. The number of aromatic nitrogens is 2. The van der Waals surface area contributed by atoms with Crippen LogP contribution < -0.4 is 10.1 Å². The molecular weight excluding hydrogens is 349 g/mol. The van der Waals surface area contributed by atoms with E-state index < -0.39 is 0 Å². The van der Waals surface area contributed by atoms with Crippen LogP contribution in [0.1, 0.15) is 16.1 Å². The Kier molecular flexibility index (Phi) is 5.83. The number of hydrogen-bond acceptors (Lipinski definition) is 4. The highest BCUT2D eigenvalue weighted by molar-refractivity contribution is 6.03. The van der Waals surface area contributed by atoms with Crippen LogP contribution in [-0.2, 0) is 4.74 Å². The van der Waals surface area contributed by atoms with Gasteiger partial charge in [0.2, 0.25) is 0 Å². The predicted molar refractivity (Wildman–Crippen MR) is 100 cm³/mol. The van der Waals surface area contributed by atoms with E-state index in [1.807, 2.05) is 19.1 Å². The van der Waals surface area contributed by atoms with Crippen molar-refractivity contribution in [3.05, 3.63) is 71.8 Å². The van der Waals surface area contributed by atoms with Gasteiger partial charge in [0.1, 0.15) is 18.2 Å². The van der Waals surface area contributed by atoms with Crippen molar-refractivity contribution in [1.82, 2.24) is 9.78 Å². The number of hydrogen-bond donors (Lipinski definition) is 1. The van der Waals surface area contributed by atoms with Gasteiger partial charge in [0.15, 0.2) is 5.69 Å². The van der Waals surface area contributed by atoms with Crippen LogP contribution in [0.3, 0.4) is 0 Å². The average Bonchev–Trinajstić information content (AvgIpc) is 3.14. The van der Waals surface area contributed by atoms with Crippen LogP contribution in [0.2, 0.25) is 0 Å². The molecule has 1 N–H and O–H groups in total. The van der Waals surface area contributed by atoms with E-state index in [0.29, 0.717) is 30.3 Å². The number of anilines is 1. The summed E-state index contributed by atoms with van der Waals surface area (Å²) in [5, 5.41) is 7.02. The molecule has 0 unspecified atom stereocenters. The van der Waals surface area contributed by atoms with Gasteiger partial charge in [0.25, 0.3) is 5.91 Å². The largest absolute Gasteiger partial charge is 0.489 e. The van der Waals surface area contributed by atoms with E-state index in [1.165, 1.54) is 16.8 Å². The lowest BCUT2D eigenvalue weighted by Crippen LogP contribution is -2.15. The summed E-state index contributed by atoms with van der Waals surface area (Å²) in [6, 6.07) is 13.1. The molecule has 3 aromatic rings. The molecule has 6 nitrogen and oxygen atoms in total. The molecule has 0 aliphatic heterocycles. The minimum atomic E-state index is -0.384. The van der Waals surface area contributed by atoms with Crippen molar-refractivity contribution in [1.29, 1.82) is 0 Å². The minimum absolute atomic E-state index is 0.211. The van der Waals surface area contributed by atoms with Crippen molar-refractivity contribution >= 4 is 11.6 Å². The highest BCUT2D eigenvalue weighted by Crippen LogP contribution is 2.26. The Morgan fingerprint density at radius 2 is 2.04 bits per heavy atom. The fraction of sp³-hybridized carbons (Fsp3) is 0.200. The molecule has 7 heteroatoms. The number of rotatable bonds is 7. The molecule has 0 aliphatic carbocycles. The minimum Gasteiger partial charge on any atom is -0.489 e. The Hall–Kier alpha value is -3.19. The molecule has 0 aliphatic rings. The SMILES string of the molecule is COCCOc1cc(C)ccc1NC(=O)c1ccn(-c2cccc(F)c2)n1. The summed E-state index contributed by atoms with van der Waals surface area (Å²) in [4.78, 5) is 12.6. The van der Waals surface area contributed by atoms with E-state index in [-0.39, 0.29) is 17.4 Å². The van der Waals surface area contributed by atoms with Crippen LogP contribution in [-0.4, -0.2) is 36.0 Å². The fourth-order valence-electron chi connectivity index (χ4n) is 2.48. The Morgan fingerprint density at radius 1 is 1.19 bits per heavy atom. The third-order valence-corrected chi connectivity index (χ3v) is 3.82. The zero-order valence-corrected chi connectivity index (χ0v) is 15.1. The van der Waals surface area contributed by atoms with Gasteiger partial charge in [0.05, 0.1) is 18.0 Å². The summed E-state index contributed by atoms with van der Waals surface area (Å²) in [7, 11) is 1.59. The van der Waals surface area contributed by atoms with E-state index >= 15 is 0 Å². The molecule has 1 aromatic heterocycles. The summed E-state index contributed by atoms with van der Waals surface area (Å²) < 4.78 is 25.5. The number of halogens is 1. The summed E-state index contributed by atoms with van der Waals surface area (Å²) in [5.41, 5.74) is 2.30. The Bertz CT molecular complexity index is 940. The van der Waals surface area contributed by atoms with E-state index in [2.05, 4.69) is 10.4 Å². The van der Waals surface area contributed by atoms with Gasteiger partial charge in [-0.25, -0.2) is 9.07 Å². The van der Waals surface area contributed by atoms with Crippen molar-refractivity contribution in [2.45, 2.75) is 6.92 Å². The monoisotopic (exact) mass is 369 g/mol. The number of ether oxygens (including phenoxy) is 2. The van der Waals surface area contributed by atoms with Gasteiger partial charge in [-0.05, 0) is 48.9 Å². The van der Waals surface area contributed by atoms with Crippen molar-refractivity contribution in [3.63, 3.8) is 0 Å². The first-order valence-corrected chi connectivity index (χ1v) is 8.42. The number of benzene rings is 2. The number of amides is 1. The highest BCUT2D eigenvalue weighted by atomic mass is 19.1. The maximum Gasteiger partial charge on any atom is 0.276 e. The Balaban J connectivity index is 1.76. The topological polar surface area (TPSA) is 65.4 Å². The first-order chi connectivity index (χ1) is 13.1. The molecule has 2 aromatic carbocycles. The first kappa shape index (κ1) is 18.6. The number of methoxy groups -OCH3 is 1. The number of aryl methyl sites for hydroxylation is 1. The van der Waals surface area contributed by atoms with Crippen molar-refractivity contribution < 1.29 is 18.7 Å². The molecular formula is C20H20FN3O3. The molecule has 0 atom stereocenters. The van der Waals surface area contributed by atoms with Gasteiger partial charge in [-0.3, -0.25) is 4.79 Å². The molecule has 0 saturated carbocycles.